The Morgan fingerprint density at radius 1 is 0.900 bits per heavy atom. The SMILES string of the molecule is O=Cc1cc(Cl)ccc1OC(F)(F)F.OCc1cc(Cl)ccc1OC(F)(F)F.[B].[H-].[Na+]. The summed E-state index contributed by atoms with van der Waals surface area (Å²) in [4.78, 5) is 10.4. The van der Waals surface area contributed by atoms with Crippen molar-refractivity contribution >= 4 is 37.9 Å². The van der Waals surface area contributed by atoms with Gasteiger partial charge in [0.1, 0.15) is 11.5 Å². The van der Waals surface area contributed by atoms with Crippen LogP contribution in [0.5, 0.6) is 11.5 Å². The van der Waals surface area contributed by atoms with Gasteiger partial charge >= 0.3 is 42.3 Å². The number of aliphatic hydroxyl groups is 1. The summed E-state index contributed by atoms with van der Waals surface area (Å²) >= 11 is 11.0. The summed E-state index contributed by atoms with van der Waals surface area (Å²) in [5.41, 5.74) is -0.246. The van der Waals surface area contributed by atoms with Crippen LogP contribution in [-0.4, -0.2) is 32.5 Å². The van der Waals surface area contributed by atoms with Gasteiger partial charge in [-0.3, -0.25) is 4.79 Å². The van der Waals surface area contributed by atoms with Crippen LogP contribution in [0.3, 0.4) is 0 Å². The Kier molecular flexibility index (Phi) is 13.8. The third-order valence-electron chi connectivity index (χ3n) is 2.74. The van der Waals surface area contributed by atoms with E-state index in [2.05, 4.69) is 9.47 Å². The van der Waals surface area contributed by atoms with Gasteiger partial charge in [-0.2, -0.15) is 0 Å². The van der Waals surface area contributed by atoms with E-state index >= 15 is 0 Å². The molecule has 30 heavy (non-hydrogen) atoms. The molecule has 0 amide bonds. The van der Waals surface area contributed by atoms with E-state index in [1.807, 2.05) is 0 Å². The van der Waals surface area contributed by atoms with Crippen LogP contribution in [0.25, 0.3) is 0 Å². The van der Waals surface area contributed by atoms with Crippen LogP contribution in [0.4, 0.5) is 26.3 Å². The van der Waals surface area contributed by atoms with E-state index in [4.69, 9.17) is 28.3 Å². The quantitative estimate of drug-likeness (QED) is 0.411. The number of carbonyl (C=O) groups excluding carboxylic acids is 1. The predicted octanol–water partition coefficient (Wildman–Crippen LogP) is 2.52. The number of ether oxygens (including phenoxy) is 2. The molecule has 0 saturated carbocycles. The summed E-state index contributed by atoms with van der Waals surface area (Å²) in [7, 11) is 0. The third-order valence-corrected chi connectivity index (χ3v) is 3.21. The second-order valence-corrected chi connectivity index (χ2v) is 5.68. The van der Waals surface area contributed by atoms with Gasteiger partial charge in [0.2, 0.25) is 0 Å². The first-order valence-electron chi connectivity index (χ1n) is 7.00. The first kappa shape index (κ1) is 31.1. The van der Waals surface area contributed by atoms with Crippen molar-refractivity contribution < 1.29 is 76.7 Å². The second-order valence-electron chi connectivity index (χ2n) is 4.81. The monoisotopic (exact) mass is 485 g/mol. The van der Waals surface area contributed by atoms with Crippen molar-refractivity contribution in [3.63, 3.8) is 0 Å². The van der Waals surface area contributed by atoms with Gasteiger partial charge in [0.25, 0.3) is 0 Å². The maximum Gasteiger partial charge on any atom is 1.00 e. The largest absolute Gasteiger partial charge is 1.00 e. The maximum absolute atomic E-state index is 11.8. The van der Waals surface area contributed by atoms with E-state index in [-0.39, 0.29) is 66.9 Å². The molecule has 4 nitrogen and oxygen atoms in total. The molecule has 0 unspecified atom stereocenters. The van der Waals surface area contributed by atoms with Crippen LogP contribution in [0.15, 0.2) is 36.4 Å². The van der Waals surface area contributed by atoms with Gasteiger partial charge in [-0.25, -0.2) is 0 Å². The minimum atomic E-state index is -4.81. The fourth-order valence-electron chi connectivity index (χ4n) is 1.72. The van der Waals surface area contributed by atoms with Gasteiger partial charge in [-0.1, -0.05) is 23.2 Å². The average Bonchev–Trinajstić information content (AvgIpc) is 2.56. The molecule has 0 fully saturated rings. The number of hydrogen-bond acceptors (Lipinski definition) is 4. The summed E-state index contributed by atoms with van der Waals surface area (Å²) in [5, 5.41) is 9.14. The zero-order valence-corrected chi connectivity index (χ0v) is 18.5. The van der Waals surface area contributed by atoms with Gasteiger partial charge in [0.15, 0.2) is 6.29 Å². The van der Waals surface area contributed by atoms with Crippen LogP contribution in [0, 0.1) is 0 Å². The maximum atomic E-state index is 11.8. The molecule has 0 aromatic heterocycles. The summed E-state index contributed by atoms with van der Waals surface area (Å²) in [6.45, 7) is -0.564. The van der Waals surface area contributed by atoms with Crippen molar-refractivity contribution in [3.8, 4) is 11.5 Å². The summed E-state index contributed by atoms with van der Waals surface area (Å²) in [6, 6.07) is 6.80. The molecule has 14 heteroatoms. The van der Waals surface area contributed by atoms with E-state index in [9.17, 15) is 31.1 Å². The number of rotatable bonds is 4. The molecule has 0 spiro atoms. The number of halogens is 8. The molecular weight excluding hydrogens is 475 g/mol. The summed E-state index contributed by atoms with van der Waals surface area (Å²) in [6.07, 6.45) is -9.34. The number of carbonyl (C=O) groups is 1. The van der Waals surface area contributed by atoms with Crippen LogP contribution < -0.4 is 39.0 Å². The summed E-state index contributed by atoms with van der Waals surface area (Å²) in [5.74, 6) is -0.999. The van der Waals surface area contributed by atoms with E-state index in [0.29, 0.717) is 0 Å². The number of alkyl halides is 6. The molecule has 2 aromatic rings. The van der Waals surface area contributed by atoms with Crippen molar-refractivity contribution in [1.82, 2.24) is 0 Å². The van der Waals surface area contributed by atoms with Gasteiger partial charge < -0.3 is 16.0 Å². The Hall–Kier alpha value is -1.11. The van der Waals surface area contributed by atoms with Crippen LogP contribution >= 0.6 is 23.2 Å². The van der Waals surface area contributed by atoms with Crippen molar-refractivity contribution in [1.29, 1.82) is 0 Å². The molecule has 0 heterocycles. The van der Waals surface area contributed by atoms with Crippen molar-refractivity contribution in [2.75, 3.05) is 0 Å². The molecule has 0 saturated heterocycles. The molecular formula is C16H11BCl2F6NaO4. The van der Waals surface area contributed by atoms with Gasteiger partial charge in [-0.05, 0) is 36.4 Å². The number of aldehydes is 1. The zero-order chi connectivity index (χ0) is 21.5. The van der Waals surface area contributed by atoms with Crippen molar-refractivity contribution in [2.24, 2.45) is 0 Å². The van der Waals surface area contributed by atoms with Crippen LogP contribution in [-0.2, 0) is 6.61 Å². The van der Waals surface area contributed by atoms with E-state index in [1.165, 1.54) is 18.2 Å². The number of hydrogen-bond donors (Lipinski definition) is 1. The number of benzene rings is 2. The molecule has 0 aliphatic rings. The molecule has 1 N–H and O–H groups in total. The zero-order valence-electron chi connectivity index (χ0n) is 16.0. The average molecular weight is 486 g/mol. The smallest absolute Gasteiger partial charge is 1.00 e. The molecule has 0 aliphatic heterocycles. The van der Waals surface area contributed by atoms with Gasteiger partial charge in [0.05, 0.1) is 12.2 Å². The second kappa shape index (κ2) is 13.3. The van der Waals surface area contributed by atoms with E-state index in [1.54, 1.807) is 0 Å². The molecule has 3 radical (unpaired) electrons. The predicted molar refractivity (Wildman–Crippen MR) is 94.4 cm³/mol. The normalized spacial score (nSPS) is 10.6. The minimum Gasteiger partial charge on any atom is -1.00 e. The molecule has 0 bridgehead atoms. The fraction of sp³-hybridized carbons (Fsp3) is 0.188. The van der Waals surface area contributed by atoms with Crippen molar-refractivity contribution in [3.05, 3.63) is 57.6 Å². The Morgan fingerprint density at radius 3 is 1.77 bits per heavy atom. The number of aliphatic hydroxyl groups excluding tert-OH is 1. The third kappa shape index (κ3) is 11.9. The van der Waals surface area contributed by atoms with Crippen LogP contribution in [0.2, 0.25) is 10.0 Å². The fourth-order valence-corrected chi connectivity index (χ4v) is 2.10. The van der Waals surface area contributed by atoms with Crippen LogP contribution in [0.1, 0.15) is 17.3 Å². The summed E-state index contributed by atoms with van der Waals surface area (Å²) < 4.78 is 78.1. The minimum absolute atomic E-state index is 0. The van der Waals surface area contributed by atoms with Gasteiger partial charge in [0, 0.05) is 24.0 Å². The Bertz CT molecular complexity index is 828. The Morgan fingerprint density at radius 2 is 1.33 bits per heavy atom. The Balaban J connectivity index is -0.000000461. The standard InChI is InChI=1S/C8H6ClF3O2.C8H4ClF3O2.B.Na.H/c2*9-6-1-2-7(5(3-6)4-13)14-8(10,11)12;;;/h1-3,13H,4H2;1-4H;;;/q;;;+1;-1. The van der Waals surface area contributed by atoms with E-state index < -0.39 is 30.8 Å². The molecule has 2 rings (SSSR count). The first-order chi connectivity index (χ1) is 12.8. The molecule has 2 aromatic carbocycles. The van der Waals surface area contributed by atoms with Crippen molar-refractivity contribution in [2.45, 2.75) is 19.3 Å². The molecule has 0 atom stereocenters. The molecule has 0 aliphatic carbocycles. The first-order valence-corrected chi connectivity index (χ1v) is 7.75. The molecule has 159 valence electrons. The Labute approximate surface area is 202 Å². The van der Waals surface area contributed by atoms with E-state index in [0.717, 1.165) is 18.2 Å². The topological polar surface area (TPSA) is 55.8 Å². The van der Waals surface area contributed by atoms with Gasteiger partial charge in [-0.15, -0.1) is 26.3 Å².